The quantitative estimate of drug-likeness (QED) is 0.632. The summed E-state index contributed by atoms with van der Waals surface area (Å²) in [6, 6.07) is 0. The molecule has 0 aromatic heterocycles. The summed E-state index contributed by atoms with van der Waals surface area (Å²) in [4.78, 5) is 13.2. The predicted octanol–water partition coefficient (Wildman–Crippen LogP) is -0.434. The summed E-state index contributed by atoms with van der Waals surface area (Å²) >= 11 is 0. The third-order valence-corrected chi connectivity index (χ3v) is 3.67. The van der Waals surface area contributed by atoms with Crippen LogP contribution in [0.5, 0.6) is 0 Å². The first-order chi connectivity index (χ1) is 6.69. The lowest BCUT2D eigenvalue weighted by atomic mass is 9.62. The zero-order chi connectivity index (χ0) is 10.2. The van der Waals surface area contributed by atoms with E-state index < -0.39 is 0 Å². The van der Waals surface area contributed by atoms with Gasteiger partial charge in [0.05, 0.1) is 6.54 Å². The first-order valence-electron chi connectivity index (χ1n) is 5.28. The van der Waals surface area contributed by atoms with E-state index in [2.05, 4.69) is 0 Å². The molecule has 2 rings (SSSR count). The van der Waals surface area contributed by atoms with Crippen LogP contribution in [0.3, 0.4) is 0 Å². The van der Waals surface area contributed by atoms with Crippen molar-refractivity contribution < 1.29 is 9.90 Å². The Morgan fingerprint density at radius 2 is 2.29 bits per heavy atom. The van der Waals surface area contributed by atoms with Gasteiger partial charge in [-0.1, -0.05) is 0 Å². The van der Waals surface area contributed by atoms with Gasteiger partial charge in [-0.3, -0.25) is 4.79 Å². The minimum Gasteiger partial charge on any atom is -0.396 e. The Kier molecular flexibility index (Phi) is 2.49. The van der Waals surface area contributed by atoms with Crippen molar-refractivity contribution in [3.8, 4) is 0 Å². The van der Waals surface area contributed by atoms with Gasteiger partial charge in [-0.05, 0) is 30.6 Å². The van der Waals surface area contributed by atoms with E-state index in [0.29, 0.717) is 17.9 Å². The van der Waals surface area contributed by atoms with Crippen molar-refractivity contribution >= 4 is 5.91 Å². The molecule has 1 aliphatic carbocycles. The Labute approximate surface area is 84.1 Å². The molecule has 3 N–H and O–H groups in total. The van der Waals surface area contributed by atoms with E-state index in [-0.39, 0.29) is 12.5 Å². The highest BCUT2D eigenvalue weighted by atomic mass is 16.3. The summed E-state index contributed by atoms with van der Waals surface area (Å²) in [5.74, 6) is 0.539. The van der Waals surface area contributed by atoms with E-state index in [1.54, 1.807) is 0 Å². The topological polar surface area (TPSA) is 66.6 Å². The van der Waals surface area contributed by atoms with Crippen LogP contribution in [0.2, 0.25) is 0 Å². The second-order valence-corrected chi connectivity index (χ2v) is 4.73. The monoisotopic (exact) mass is 198 g/mol. The van der Waals surface area contributed by atoms with Crippen molar-refractivity contribution in [2.24, 2.45) is 17.1 Å². The second-order valence-electron chi connectivity index (χ2n) is 4.73. The van der Waals surface area contributed by atoms with Gasteiger partial charge in [0.1, 0.15) is 0 Å². The molecule has 1 spiro atoms. The molecule has 1 saturated carbocycles. The first-order valence-corrected chi connectivity index (χ1v) is 5.28. The van der Waals surface area contributed by atoms with E-state index >= 15 is 0 Å². The highest BCUT2D eigenvalue weighted by molar-refractivity contribution is 5.78. The Balaban J connectivity index is 1.87. The highest BCUT2D eigenvalue weighted by Gasteiger charge is 2.48. The number of hydrogen-bond acceptors (Lipinski definition) is 3. The number of hydrogen-bond donors (Lipinski definition) is 2. The lowest BCUT2D eigenvalue weighted by molar-refractivity contribution is -0.129. The molecule has 4 nitrogen and oxygen atoms in total. The molecule has 80 valence electrons. The Bertz CT molecular complexity index is 236. The van der Waals surface area contributed by atoms with Gasteiger partial charge in [0.25, 0.3) is 0 Å². The lowest BCUT2D eigenvalue weighted by Crippen LogP contribution is -2.43. The van der Waals surface area contributed by atoms with Crippen molar-refractivity contribution in [2.75, 3.05) is 26.2 Å². The summed E-state index contributed by atoms with van der Waals surface area (Å²) in [6.07, 6.45) is 3.25. The number of carbonyl (C=O) groups excluding carboxylic acids is 1. The standard InChI is InChI=1S/C10H18N2O2/c11-5-9(14)12-2-1-10(7-12)3-8(4-10)6-13/h8,13H,1-7,11H2. The van der Waals surface area contributed by atoms with Crippen molar-refractivity contribution in [3.63, 3.8) is 0 Å². The summed E-state index contributed by atoms with van der Waals surface area (Å²) in [6.45, 7) is 2.14. The molecule has 4 heteroatoms. The average Bonchev–Trinajstić information content (AvgIpc) is 2.58. The van der Waals surface area contributed by atoms with Crippen molar-refractivity contribution in [1.29, 1.82) is 0 Å². The SMILES string of the molecule is NCC(=O)N1CCC2(CC(CO)C2)C1. The molecular weight excluding hydrogens is 180 g/mol. The van der Waals surface area contributed by atoms with Crippen LogP contribution in [0, 0.1) is 11.3 Å². The maximum Gasteiger partial charge on any atom is 0.236 e. The van der Waals surface area contributed by atoms with Crippen LogP contribution in [0.15, 0.2) is 0 Å². The van der Waals surface area contributed by atoms with Crippen LogP contribution in [0.25, 0.3) is 0 Å². The normalized spacial score (nSPS) is 36.1. The predicted molar refractivity (Wildman–Crippen MR) is 52.5 cm³/mol. The zero-order valence-electron chi connectivity index (χ0n) is 8.41. The molecule has 1 heterocycles. The van der Waals surface area contributed by atoms with Gasteiger partial charge < -0.3 is 15.7 Å². The van der Waals surface area contributed by atoms with Crippen molar-refractivity contribution in [3.05, 3.63) is 0 Å². The van der Waals surface area contributed by atoms with Gasteiger partial charge >= 0.3 is 0 Å². The molecular formula is C10H18N2O2. The minimum absolute atomic E-state index is 0.0642. The summed E-state index contributed by atoms with van der Waals surface area (Å²) in [5, 5.41) is 8.95. The summed E-state index contributed by atoms with van der Waals surface area (Å²) in [5.41, 5.74) is 5.65. The van der Waals surface area contributed by atoms with E-state index in [0.717, 1.165) is 32.4 Å². The fraction of sp³-hybridized carbons (Fsp3) is 0.900. The number of amides is 1. The van der Waals surface area contributed by atoms with Crippen LogP contribution in [0.1, 0.15) is 19.3 Å². The number of aliphatic hydroxyl groups is 1. The Morgan fingerprint density at radius 1 is 1.57 bits per heavy atom. The van der Waals surface area contributed by atoms with Gasteiger partial charge in [0.2, 0.25) is 5.91 Å². The van der Waals surface area contributed by atoms with Gasteiger partial charge in [0.15, 0.2) is 0 Å². The fourth-order valence-electron chi connectivity index (χ4n) is 2.90. The third-order valence-electron chi connectivity index (χ3n) is 3.67. The van der Waals surface area contributed by atoms with E-state index in [1.165, 1.54) is 0 Å². The molecule has 1 saturated heterocycles. The van der Waals surface area contributed by atoms with E-state index in [1.807, 2.05) is 4.90 Å². The molecule has 0 radical (unpaired) electrons. The van der Waals surface area contributed by atoms with Gasteiger partial charge in [-0.15, -0.1) is 0 Å². The molecule has 2 aliphatic rings. The number of nitrogens with two attached hydrogens (primary N) is 1. The Morgan fingerprint density at radius 3 is 2.86 bits per heavy atom. The first kappa shape index (κ1) is 9.93. The number of aliphatic hydroxyl groups excluding tert-OH is 1. The molecule has 0 aromatic carbocycles. The average molecular weight is 198 g/mol. The van der Waals surface area contributed by atoms with Crippen molar-refractivity contribution in [2.45, 2.75) is 19.3 Å². The Hall–Kier alpha value is -0.610. The van der Waals surface area contributed by atoms with Crippen LogP contribution < -0.4 is 5.73 Å². The molecule has 0 bridgehead atoms. The van der Waals surface area contributed by atoms with Crippen LogP contribution in [-0.4, -0.2) is 42.2 Å². The zero-order valence-corrected chi connectivity index (χ0v) is 8.41. The van der Waals surface area contributed by atoms with Gasteiger partial charge in [-0.25, -0.2) is 0 Å². The largest absolute Gasteiger partial charge is 0.396 e. The minimum atomic E-state index is 0.0642. The molecule has 14 heavy (non-hydrogen) atoms. The highest BCUT2D eigenvalue weighted by Crippen LogP contribution is 2.51. The van der Waals surface area contributed by atoms with Crippen molar-refractivity contribution in [1.82, 2.24) is 4.90 Å². The molecule has 0 aromatic rings. The van der Waals surface area contributed by atoms with Gasteiger partial charge in [0, 0.05) is 19.7 Å². The summed E-state index contributed by atoms with van der Waals surface area (Å²) < 4.78 is 0. The molecule has 0 atom stereocenters. The molecule has 2 fully saturated rings. The summed E-state index contributed by atoms with van der Waals surface area (Å²) in [7, 11) is 0. The second kappa shape index (κ2) is 3.51. The lowest BCUT2D eigenvalue weighted by Gasteiger charge is -2.44. The number of likely N-dealkylation sites (tertiary alicyclic amines) is 1. The van der Waals surface area contributed by atoms with E-state index in [4.69, 9.17) is 10.8 Å². The van der Waals surface area contributed by atoms with E-state index in [9.17, 15) is 4.79 Å². The van der Waals surface area contributed by atoms with Crippen LogP contribution in [0.4, 0.5) is 0 Å². The number of rotatable bonds is 2. The third kappa shape index (κ3) is 1.53. The molecule has 0 unspecified atom stereocenters. The smallest absolute Gasteiger partial charge is 0.236 e. The van der Waals surface area contributed by atoms with Gasteiger partial charge in [-0.2, -0.15) is 0 Å². The number of nitrogens with zero attached hydrogens (tertiary/aromatic N) is 1. The maximum atomic E-state index is 11.3. The van der Waals surface area contributed by atoms with Crippen LogP contribution in [-0.2, 0) is 4.79 Å². The molecule has 1 aliphatic heterocycles. The van der Waals surface area contributed by atoms with Crippen LogP contribution >= 0.6 is 0 Å². The molecule has 1 amide bonds. The fourth-order valence-corrected chi connectivity index (χ4v) is 2.90. The maximum absolute atomic E-state index is 11.3. The number of carbonyl (C=O) groups is 1.